The van der Waals surface area contributed by atoms with Gasteiger partial charge in [-0.15, -0.1) is 0 Å². The molecular weight excluding hydrogens is 174 g/mol. The Hall–Kier alpha value is -0.730. The van der Waals surface area contributed by atoms with Crippen LogP contribution in [0.3, 0.4) is 0 Å². The normalized spacial score (nSPS) is 19.8. The van der Waals surface area contributed by atoms with Gasteiger partial charge in [0.05, 0.1) is 0 Å². The predicted octanol–water partition coefficient (Wildman–Crippen LogP) is 2.03. The molecule has 1 aliphatic rings. The highest BCUT2D eigenvalue weighted by atomic mass is 15.2. The van der Waals surface area contributed by atoms with E-state index in [2.05, 4.69) is 20.8 Å². The van der Waals surface area contributed by atoms with Crippen molar-refractivity contribution in [3.63, 3.8) is 0 Å². The van der Waals surface area contributed by atoms with Gasteiger partial charge in [-0.3, -0.25) is 5.41 Å². The van der Waals surface area contributed by atoms with Gasteiger partial charge in [0.2, 0.25) is 0 Å². The van der Waals surface area contributed by atoms with Gasteiger partial charge in [-0.05, 0) is 30.6 Å². The highest BCUT2D eigenvalue weighted by Gasteiger charge is 2.23. The van der Waals surface area contributed by atoms with Crippen molar-refractivity contribution in [1.29, 1.82) is 5.41 Å². The molecule has 0 saturated carbocycles. The molecular formula is C11H23N3. The molecule has 3 nitrogen and oxygen atoms in total. The Kier molecular flexibility index (Phi) is 3.40. The summed E-state index contributed by atoms with van der Waals surface area (Å²) >= 11 is 0. The Bertz CT molecular complexity index is 197. The van der Waals surface area contributed by atoms with Crippen LogP contribution in [0.1, 0.15) is 40.0 Å². The molecule has 14 heavy (non-hydrogen) atoms. The molecule has 0 aliphatic carbocycles. The van der Waals surface area contributed by atoms with Crippen molar-refractivity contribution in [3.05, 3.63) is 0 Å². The van der Waals surface area contributed by atoms with E-state index in [-0.39, 0.29) is 5.96 Å². The first-order chi connectivity index (χ1) is 6.38. The van der Waals surface area contributed by atoms with E-state index in [0.29, 0.717) is 5.41 Å². The highest BCUT2D eigenvalue weighted by Crippen LogP contribution is 2.30. The SMILES string of the molecule is CC(C)(C)CC1CCN(C(=N)N)CC1. The Labute approximate surface area is 87.2 Å². The molecule has 0 amide bonds. The van der Waals surface area contributed by atoms with Gasteiger partial charge in [0.15, 0.2) is 5.96 Å². The molecule has 1 heterocycles. The van der Waals surface area contributed by atoms with Gasteiger partial charge in [-0.2, -0.15) is 0 Å². The monoisotopic (exact) mass is 197 g/mol. The summed E-state index contributed by atoms with van der Waals surface area (Å²) in [6.07, 6.45) is 3.67. The summed E-state index contributed by atoms with van der Waals surface area (Å²) in [4.78, 5) is 1.97. The zero-order valence-corrected chi connectivity index (χ0v) is 9.64. The number of hydrogen-bond donors (Lipinski definition) is 2. The molecule has 82 valence electrons. The minimum Gasteiger partial charge on any atom is -0.370 e. The van der Waals surface area contributed by atoms with Crippen LogP contribution in [0, 0.1) is 16.7 Å². The van der Waals surface area contributed by atoms with Gasteiger partial charge >= 0.3 is 0 Å². The van der Waals surface area contributed by atoms with E-state index in [1.165, 1.54) is 19.3 Å². The van der Waals surface area contributed by atoms with Gasteiger partial charge in [0.25, 0.3) is 0 Å². The smallest absolute Gasteiger partial charge is 0.188 e. The summed E-state index contributed by atoms with van der Waals surface area (Å²) in [5.41, 5.74) is 5.88. The van der Waals surface area contributed by atoms with E-state index < -0.39 is 0 Å². The lowest BCUT2D eigenvalue weighted by Gasteiger charge is -2.35. The number of nitrogens with two attached hydrogens (primary N) is 1. The van der Waals surface area contributed by atoms with Crippen LogP contribution in [0.2, 0.25) is 0 Å². The molecule has 0 radical (unpaired) electrons. The van der Waals surface area contributed by atoms with Crippen molar-refractivity contribution >= 4 is 5.96 Å². The maximum atomic E-state index is 7.34. The second-order valence-corrected chi connectivity index (χ2v) is 5.58. The molecule has 1 rings (SSSR count). The highest BCUT2D eigenvalue weighted by molar-refractivity contribution is 5.74. The summed E-state index contributed by atoms with van der Waals surface area (Å²) in [5.74, 6) is 1.06. The summed E-state index contributed by atoms with van der Waals surface area (Å²) in [5, 5.41) is 7.34. The topological polar surface area (TPSA) is 53.1 Å². The lowest BCUT2D eigenvalue weighted by atomic mass is 9.80. The fraction of sp³-hybridized carbons (Fsp3) is 0.909. The Morgan fingerprint density at radius 1 is 1.36 bits per heavy atom. The van der Waals surface area contributed by atoms with Crippen LogP contribution in [0.25, 0.3) is 0 Å². The van der Waals surface area contributed by atoms with Crippen LogP contribution in [0.5, 0.6) is 0 Å². The predicted molar refractivity (Wildman–Crippen MR) is 60.3 cm³/mol. The van der Waals surface area contributed by atoms with Gasteiger partial charge in [-0.1, -0.05) is 20.8 Å². The van der Waals surface area contributed by atoms with E-state index in [9.17, 15) is 0 Å². The Morgan fingerprint density at radius 2 is 1.86 bits per heavy atom. The Balaban J connectivity index is 2.33. The quantitative estimate of drug-likeness (QED) is 0.499. The summed E-state index contributed by atoms with van der Waals surface area (Å²) in [7, 11) is 0. The second-order valence-electron chi connectivity index (χ2n) is 5.58. The molecule has 3 heteroatoms. The average molecular weight is 197 g/mol. The molecule has 1 saturated heterocycles. The number of nitrogens with one attached hydrogen (secondary N) is 1. The number of piperidine rings is 1. The first-order valence-corrected chi connectivity index (χ1v) is 5.47. The number of guanidine groups is 1. The van der Waals surface area contributed by atoms with Crippen LogP contribution >= 0.6 is 0 Å². The van der Waals surface area contributed by atoms with Crippen molar-refractivity contribution in [2.75, 3.05) is 13.1 Å². The average Bonchev–Trinajstić information content (AvgIpc) is 2.02. The van der Waals surface area contributed by atoms with E-state index in [1.807, 2.05) is 4.90 Å². The maximum absolute atomic E-state index is 7.34. The van der Waals surface area contributed by atoms with Crippen LogP contribution in [0.4, 0.5) is 0 Å². The van der Waals surface area contributed by atoms with Crippen LogP contribution in [0.15, 0.2) is 0 Å². The van der Waals surface area contributed by atoms with Crippen molar-refractivity contribution in [2.24, 2.45) is 17.1 Å². The molecule has 0 atom stereocenters. The van der Waals surface area contributed by atoms with Gasteiger partial charge < -0.3 is 10.6 Å². The fourth-order valence-corrected chi connectivity index (χ4v) is 2.24. The second kappa shape index (κ2) is 4.20. The maximum Gasteiger partial charge on any atom is 0.188 e. The van der Waals surface area contributed by atoms with E-state index in [1.54, 1.807) is 0 Å². The molecule has 0 bridgehead atoms. The van der Waals surface area contributed by atoms with Crippen LogP contribution in [-0.2, 0) is 0 Å². The summed E-state index contributed by atoms with van der Waals surface area (Å²) < 4.78 is 0. The molecule has 3 N–H and O–H groups in total. The minimum atomic E-state index is 0.235. The van der Waals surface area contributed by atoms with Gasteiger partial charge in [0.1, 0.15) is 0 Å². The van der Waals surface area contributed by atoms with Crippen molar-refractivity contribution in [2.45, 2.75) is 40.0 Å². The fourth-order valence-electron chi connectivity index (χ4n) is 2.24. The standard InChI is InChI=1S/C11H23N3/c1-11(2,3)8-9-4-6-14(7-5-9)10(12)13/h9H,4-8H2,1-3H3,(H3,12,13). The lowest BCUT2D eigenvalue weighted by Crippen LogP contribution is -2.42. The van der Waals surface area contributed by atoms with Crippen molar-refractivity contribution < 1.29 is 0 Å². The Morgan fingerprint density at radius 3 is 2.21 bits per heavy atom. The van der Waals surface area contributed by atoms with Crippen molar-refractivity contribution in [3.8, 4) is 0 Å². The van der Waals surface area contributed by atoms with E-state index >= 15 is 0 Å². The van der Waals surface area contributed by atoms with Gasteiger partial charge in [-0.25, -0.2) is 0 Å². The zero-order chi connectivity index (χ0) is 10.8. The first kappa shape index (κ1) is 11.3. The van der Waals surface area contributed by atoms with E-state index in [0.717, 1.165) is 19.0 Å². The molecule has 0 unspecified atom stereocenters. The first-order valence-electron chi connectivity index (χ1n) is 5.47. The number of hydrogen-bond acceptors (Lipinski definition) is 1. The van der Waals surface area contributed by atoms with E-state index in [4.69, 9.17) is 11.1 Å². The molecule has 0 aromatic carbocycles. The minimum absolute atomic E-state index is 0.235. The lowest BCUT2D eigenvalue weighted by molar-refractivity contribution is 0.201. The van der Waals surface area contributed by atoms with Crippen molar-refractivity contribution in [1.82, 2.24) is 4.90 Å². The number of rotatable bonds is 1. The molecule has 0 aromatic heterocycles. The van der Waals surface area contributed by atoms with Gasteiger partial charge in [0, 0.05) is 13.1 Å². The zero-order valence-electron chi connectivity index (χ0n) is 9.64. The summed E-state index contributed by atoms with van der Waals surface area (Å²) in [6.45, 7) is 8.82. The third-order valence-corrected chi connectivity index (χ3v) is 2.86. The molecule has 1 aliphatic heterocycles. The largest absolute Gasteiger partial charge is 0.370 e. The van der Waals surface area contributed by atoms with Crippen LogP contribution < -0.4 is 5.73 Å². The van der Waals surface area contributed by atoms with Crippen LogP contribution in [-0.4, -0.2) is 23.9 Å². The number of nitrogens with zero attached hydrogens (tertiary/aromatic N) is 1. The molecule has 0 spiro atoms. The third-order valence-electron chi connectivity index (χ3n) is 2.86. The molecule has 1 fully saturated rings. The third kappa shape index (κ3) is 3.56. The number of likely N-dealkylation sites (tertiary alicyclic amines) is 1. The molecule has 0 aromatic rings. The summed E-state index contributed by atoms with van der Waals surface area (Å²) in [6, 6.07) is 0.